The summed E-state index contributed by atoms with van der Waals surface area (Å²) in [5, 5.41) is 13.1. The summed E-state index contributed by atoms with van der Waals surface area (Å²) in [6, 6.07) is 8.05. The lowest BCUT2D eigenvalue weighted by Gasteiger charge is -1.94. The van der Waals surface area contributed by atoms with Crippen LogP contribution in [0.3, 0.4) is 0 Å². The Balaban J connectivity index is 2.79. The molecule has 14 heavy (non-hydrogen) atoms. The Morgan fingerprint density at radius 2 is 2.07 bits per heavy atom. The molecular weight excluding hydrogens is 176 g/mol. The second-order valence-corrected chi connectivity index (χ2v) is 3.36. The molecule has 0 aliphatic carbocycles. The molecule has 3 nitrogen and oxygen atoms in total. The smallest absolute Gasteiger partial charge is 0.0858 e. The zero-order chi connectivity index (χ0) is 10.1. The first-order valence-electron chi connectivity index (χ1n) is 4.47. The van der Waals surface area contributed by atoms with Crippen molar-refractivity contribution in [2.75, 3.05) is 0 Å². The molecule has 2 rings (SSSR count). The molecule has 0 unspecified atom stereocenters. The first-order chi connectivity index (χ1) is 6.74. The van der Waals surface area contributed by atoms with Crippen molar-refractivity contribution < 1.29 is 5.21 Å². The van der Waals surface area contributed by atoms with Crippen LogP contribution < -0.4 is 0 Å². The van der Waals surface area contributed by atoms with Gasteiger partial charge in [-0.1, -0.05) is 23.4 Å². The van der Waals surface area contributed by atoms with Crippen LogP contribution in [-0.4, -0.2) is 15.5 Å². The monoisotopic (exact) mass is 188 g/mol. The van der Waals surface area contributed by atoms with E-state index in [0.29, 0.717) is 5.71 Å². The van der Waals surface area contributed by atoms with Gasteiger partial charge in [0.05, 0.1) is 5.71 Å². The van der Waals surface area contributed by atoms with E-state index in [-0.39, 0.29) is 0 Å². The molecule has 2 aromatic rings. The number of hydrogen-bond donors (Lipinski definition) is 1. The summed E-state index contributed by atoms with van der Waals surface area (Å²) >= 11 is 0. The first-order valence-corrected chi connectivity index (χ1v) is 4.47. The fourth-order valence-corrected chi connectivity index (χ4v) is 1.68. The van der Waals surface area contributed by atoms with Crippen LogP contribution in [0, 0.1) is 0 Å². The predicted octanol–water partition coefficient (Wildman–Crippen LogP) is 2.38. The molecule has 3 heteroatoms. The average molecular weight is 188 g/mol. The van der Waals surface area contributed by atoms with Crippen molar-refractivity contribution in [3.63, 3.8) is 0 Å². The van der Waals surface area contributed by atoms with E-state index in [4.69, 9.17) is 5.21 Å². The van der Waals surface area contributed by atoms with Gasteiger partial charge in [0.2, 0.25) is 0 Å². The topological polar surface area (TPSA) is 37.5 Å². The van der Waals surface area contributed by atoms with E-state index in [2.05, 4.69) is 5.16 Å². The molecule has 0 spiro atoms. The van der Waals surface area contributed by atoms with Crippen LogP contribution in [-0.2, 0) is 7.05 Å². The second kappa shape index (κ2) is 3.18. The Kier molecular flexibility index (Phi) is 2.00. The maximum Gasteiger partial charge on any atom is 0.0858 e. The van der Waals surface area contributed by atoms with Crippen molar-refractivity contribution in [1.29, 1.82) is 0 Å². The van der Waals surface area contributed by atoms with Gasteiger partial charge in [0.15, 0.2) is 0 Å². The average Bonchev–Trinajstić information content (AvgIpc) is 2.56. The van der Waals surface area contributed by atoms with E-state index >= 15 is 0 Å². The highest BCUT2D eigenvalue weighted by atomic mass is 16.4. The minimum absolute atomic E-state index is 0.641. The summed E-state index contributed by atoms with van der Waals surface area (Å²) in [5.74, 6) is 0. The van der Waals surface area contributed by atoms with Crippen LogP contribution in [0.2, 0.25) is 0 Å². The molecular formula is C11H12N2O. The molecule has 1 aromatic heterocycles. The van der Waals surface area contributed by atoms with E-state index < -0.39 is 0 Å². The lowest BCUT2D eigenvalue weighted by molar-refractivity contribution is 0.319. The Bertz CT molecular complexity index is 497. The van der Waals surface area contributed by atoms with E-state index in [1.165, 1.54) is 0 Å². The first kappa shape index (κ1) is 8.81. The van der Waals surface area contributed by atoms with Crippen molar-refractivity contribution in [2.45, 2.75) is 6.92 Å². The van der Waals surface area contributed by atoms with Crippen molar-refractivity contribution in [2.24, 2.45) is 12.2 Å². The maximum absolute atomic E-state index is 8.74. The largest absolute Gasteiger partial charge is 0.411 e. The van der Waals surface area contributed by atoms with Gasteiger partial charge >= 0.3 is 0 Å². The molecule has 0 aliphatic heterocycles. The maximum atomic E-state index is 8.74. The molecule has 72 valence electrons. The SMILES string of the molecule is C/C(=N\O)c1cn(C)c2ccccc12. The van der Waals surface area contributed by atoms with E-state index in [1.807, 2.05) is 42.1 Å². The van der Waals surface area contributed by atoms with Crippen molar-refractivity contribution >= 4 is 16.6 Å². The number of oxime groups is 1. The van der Waals surface area contributed by atoms with Gasteiger partial charge in [-0.15, -0.1) is 0 Å². The number of aryl methyl sites for hydroxylation is 1. The highest BCUT2D eigenvalue weighted by Gasteiger charge is 2.07. The fraction of sp³-hybridized carbons (Fsp3) is 0.182. The van der Waals surface area contributed by atoms with Gasteiger partial charge in [-0.25, -0.2) is 0 Å². The second-order valence-electron chi connectivity index (χ2n) is 3.36. The molecule has 0 amide bonds. The molecule has 1 aromatic carbocycles. The molecule has 1 heterocycles. The summed E-state index contributed by atoms with van der Waals surface area (Å²) in [6.45, 7) is 1.79. The lowest BCUT2D eigenvalue weighted by atomic mass is 10.1. The summed E-state index contributed by atoms with van der Waals surface area (Å²) in [4.78, 5) is 0. The number of para-hydroxylation sites is 1. The van der Waals surface area contributed by atoms with Gasteiger partial charge < -0.3 is 9.77 Å². The van der Waals surface area contributed by atoms with Gasteiger partial charge in [-0.05, 0) is 13.0 Å². The van der Waals surface area contributed by atoms with Crippen molar-refractivity contribution in [3.05, 3.63) is 36.0 Å². The molecule has 0 radical (unpaired) electrons. The van der Waals surface area contributed by atoms with Crippen molar-refractivity contribution in [1.82, 2.24) is 4.57 Å². The van der Waals surface area contributed by atoms with Crippen LogP contribution in [0.25, 0.3) is 10.9 Å². The summed E-state index contributed by atoms with van der Waals surface area (Å²) in [5.41, 5.74) is 2.76. The molecule has 0 atom stereocenters. The molecule has 1 N–H and O–H groups in total. The zero-order valence-corrected chi connectivity index (χ0v) is 8.23. The highest BCUT2D eigenvalue weighted by molar-refractivity contribution is 6.09. The summed E-state index contributed by atoms with van der Waals surface area (Å²) in [7, 11) is 1.98. The normalized spacial score (nSPS) is 12.3. The third kappa shape index (κ3) is 1.18. The minimum atomic E-state index is 0.641. The number of nitrogens with zero attached hydrogens (tertiary/aromatic N) is 2. The minimum Gasteiger partial charge on any atom is -0.411 e. The third-order valence-electron chi connectivity index (χ3n) is 2.44. The van der Waals surface area contributed by atoms with Crippen molar-refractivity contribution in [3.8, 4) is 0 Å². The zero-order valence-electron chi connectivity index (χ0n) is 8.23. The van der Waals surface area contributed by atoms with Crippen LogP contribution in [0.1, 0.15) is 12.5 Å². The molecule has 0 saturated carbocycles. The Morgan fingerprint density at radius 3 is 2.79 bits per heavy atom. The van der Waals surface area contributed by atoms with E-state index in [0.717, 1.165) is 16.5 Å². The van der Waals surface area contributed by atoms with Crippen LogP contribution in [0.15, 0.2) is 35.6 Å². The summed E-state index contributed by atoms with van der Waals surface area (Å²) in [6.07, 6.45) is 1.97. The van der Waals surface area contributed by atoms with E-state index in [1.54, 1.807) is 6.92 Å². The number of aromatic nitrogens is 1. The molecule has 0 aliphatic rings. The standard InChI is InChI=1S/C11H12N2O/c1-8(12-14)10-7-13(2)11-6-4-3-5-9(10)11/h3-7,14H,1-2H3/b12-8+. The number of hydrogen-bond acceptors (Lipinski definition) is 2. The molecule has 0 bridgehead atoms. The number of benzene rings is 1. The Labute approximate surface area is 82.3 Å². The van der Waals surface area contributed by atoms with Gasteiger partial charge in [-0.2, -0.15) is 0 Å². The third-order valence-corrected chi connectivity index (χ3v) is 2.44. The lowest BCUT2D eigenvalue weighted by Crippen LogP contribution is -1.92. The predicted molar refractivity (Wildman–Crippen MR) is 56.9 cm³/mol. The van der Waals surface area contributed by atoms with Gasteiger partial charge in [0, 0.05) is 29.7 Å². The van der Waals surface area contributed by atoms with Gasteiger partial charge in [-0.3, -0.25) is 0 Å². The van der Waals surface area contributed by atoms with Crippen LogP contribution in [0.5, 0.6) is 0 Å². The quantitative estimate of drug-likeness (QED) is 0.416. The molecule has 0 fully saturated rings. The number of fused-ring (bicyclic) bond motifs is 1. The van der Waals surface area contributed by atoms with E-state index in [9.17, 15) is 0 Å². The van der Waals surface area contributed by atoms with Crippen LogP contribution in [0.4, 0.5) is 0 Å². The molecule has 0 saturated heterocycles. The Hall–Kier alpha value is -1.77. The van der Waals surface area contributed by atoms with Gasteiger partial charge in [0.25, 0.3) is 0 Å². The highest BCUT2D eigenvalue weighted by Crippen LogP contribution is 2.20. The number of rotatable bonds is 1. The fourth-order valence-electron chi connectivity index (χ4n) is 1.68. The van der Waals surface area contributed by atoms with Crippen LogP contribution >= 0.6 is 0 Å². The van der Waals surface area contributed by atoms with Gasteiger partial charge in [0.1, 0.15) is 0 Å². The summed E-state index contributed by atoms with van der Waals surface area (Å²) < 4.78 is 2.03. The Morgan fingerprint density at radius 1 is 1.36 bits per heavy atom.